The van der Waals surface area contributed by atoms with Crippen molar-refractivity contribution in [3.8, 4) is 0 Å². The molecule has 0 saturated heterocycles. The third-order valence-corrected chi connectivity index (χ3v) is 1.42. The molecule has 1 aliphatic heterocycles. The van der Waals surface area contributed by atoms with Crippen molar-refractivity contribution in [1.82, 2.24) is 10.5 Å². The predicted molar refractivity (Wildman–Crippen MR) is 40.4 cm³/mol. The molecule has 1 rings (SSSR count). The molecule has 0 aromatic rings. The second kappa shape index (κ2) is 2.36. The lowest BCUT2D eigenvalue weighted by atomic mass is 10.5. The molecule has 3 N–H and O–H groups in total. The van der Waals surface area contributed by atoms with Gasteiger partial charge in [-0.1, -0.05) is 0 Å². The Morgan fingerprint density at radius 2 is 2.50 bits per heavy atom. The lowest BCUT2D eigenvalue weighted by Gasteiger charge is -2.15. The van der Waals surface area contributed by atoms with E-state index >= 15 is 0 Å². The van der Waals surface area contributed by atoms with Gasteiger partial charge in [0.05, 0.1) is 0 Å². The Hall–Kier alpha value is -0.230. The molecule has 0 aliphatic carbocycles. The largest absolute Gasteiger partial charge is 0.291 e. The van der Waals surface area contributed by atoms with Gasteiger partial charge in [0.2, 0.25) is 0 Å². The Balaban J connectivity index is 2.58. The monoisotopic (exact) mass is 223 g/mol. The molecule has 8 heavy (non-hydrogen) atoms. The van der Waals surface area contributed by atoms with Crippen molar-refractivity contribution in [3.05, 3.63) is 22.1 Å². The Morgan fingerprint density at radius 3 is 2.88 bits per heavy atom. The summed E-state index contributed by atoms with van der Waals surface area (Å²) in [4.78, 5) is 0. The van der Waals surface area contributed by atoms with E-state index in [1.165, 1.54) is 5.12 Å². The normalized spacial score (nSPS) is 17.8. The van der Waals surface area contributed by atoms with Gasteiger partial charge < -0.3 is 0 Å². The second-order valence-electron chi connectivity index (χ2n) is 1.38. The number of nitrogens with two attached hydrogens (primary N) is 1. The molecule has 0 fully saturated rings. The van der Waals surface area contributed by atoms with Crippen LogP contribution in [0.3, 0.4) is 0 Å². The first kappa shape index (κ1) is 5.90. The van der Waals surface area contributed by atoms with E-state index in [-0.39, 0.29) is 0 Å². The van der Waals surface area contributed by atoms with Gasteiger partial charge in [-0.3, -0.25) is 5.43 Å². The molecule has 44 valence electrons. The van der Waals surface area contributed by atoms with Crippen molar-refractivity contribution in [2.24, 2.45) is 5.84 Å². The minimum atomic E-state index is 1.14. The number of nitrogens with zero attached hydrogens (tertiary/aromatic N) is 1. The smallest absolute Gasteiger partial charge is 0.0403 e. The fourth-order valence-electron chi connectivity index (χ4n) is 0.379. The highest BCUT2D eigenvalue weighted by molar-refractivity contribution is 14.1. The van der Waals surface area contributed by atoms with E-state index in [4.69, 9.17) is 5.84 Å². The first-order valence-electron chi connectivity index (χ1n) is 2.13. The Labute approximate surface area is 61.3 Å². The summed E-state index contributed by atoms with van der Waals surface area (Å²) in [5.74, 6) is 5.28. The molecular formula is C4H6IN3. The van der Waals surface area contributed by atoms with Crippen LogP contribution in [-0.4, -0.2) is 5.12 Å². The van der Waals surface area contributed by atoms with E-state index in [1.807, 2.05) is 12.3 Å². The minimum Gasteiger partial charge on any atom is -0.291 e. The van der Waals surface area contributed by atoms with Crippen molar-refractivity contribution < 1.29 is 0 Å². The summed E-state index contributed by atoms with van der Waals surface area (Å²) in [5, 5.41) is 1.39. The molecule has 0 bridgehead atoms. The zero-order chi connectivity index (χ0) is 5.98. The summed E-state index contributed by atoms with van der Waals surface area (Å²) < 4.78 is 1.14. The summed E-state index contributed by atoms with van der Waals surface area (Å²) in [6.45, 7) is 0. The van der Waals surface area contributed by atoms with E-state index in [1.54, 1.807) is 6.20 Å². The highest BCUT2D eigenvalue weighted by atomic mass is 127. The van der Waals surface area contributed by atoms with Crippen molar-refractivity contribution >= 4 is 22.6 Å². The molecule has 1 aliphatic rings. The molecule has 0 aromatic carbocycles. The van der Waals surface area contributed by atoms with E-state index in [0.717, 1.165) is 3.58 Å². The predicted octanol–water partition coefficient (Wildman–Crippen LogP) is 0.470. The quantitative estimate of drug-likeness (QED) is 0.463. The summed E-state index contributed by atoms with van der Waals surface area (Å²) in [7, 11) is 0. The van der Waals surface area contributed by atoms with Crippen LogP contribution in [0.5, 0.6) is 0 Å². The van der Waals surface area contributed by atoms with Gasteiger partial charge in [0.15, 0.2) is 0 Å². The average Bonchev–Trinajstić information content (AvgIpc) is 1.77. The number of hydrazine groups is 2. The number of rotatable bonds is 0. The maximum atomic E-state index is 5.28. The zero-order valence-corrected chi connectivity index (χ0v) is 6.29. The maximum absolute atomic E-state index is 5.28. The molecule has 0 unspecified atom stereocenters. The topological polar surface area (TPSA) is 41.3 Å². The van der Waals surface area contributed by atoms with Crippen molar-refractivity contribution in [1.29, 1.82) is 0 Å². The molecule has 0 atom stereocenters. The summed E-state index contributed by atoms with van der Waals surface area (Å²) >= 11 is 2.20. The van der Waals surface area contributed by atoms with Gasteiger partial charge in [-0.05, 0) is 28.7 Å². The second-order valence-corrected chi connectivity index (χ2v) is 2.63. The van der Waals surface area contributed by atoms with Crippen LogP contribution in [0.4, 0.5) is 0 Å². The first-order valence-corrected chi connectivity index (χ1v) is 3.21. The Morgan fingerprint density at radius 1 is 1.75 bits per heavy atom. The van der Waals surface area contributed by atoms with Gasteiger partial charge >= 0.3 is 0 Å². The molecule has 4 heteroatoms. The number of allylic oxidation sites excluding steroid dienone is 2. The SMILES string of the molecule is NN1C=CC(I)=CN1. The van der Waals surface area contributed by atoms with E-state index in [9.17, 15) is 0 Å². The number of halogens is 1. The van der Waals surface area contributed by atoms with Crippen LogP contribution < -0.4 is 11.3 Å². The van der Waals surface area contributed by atoms with Crippen LogP contribution >= 0.6 is 22.6 Å². The van der Waals surface area contributed by atoms with Gasteiger partial charge in [0.1, 0.15) is 0 Å². The molecule has 0 amide bonds. The number of nitrogens with one attached hydrogen (secondary N) is 1. The van der Waals surface area contributed by atoms with Crippen LogP contribution in [-0.2, 0) is 0 Å². The molecule has 0 spiro atoms. The zero-order valence-electron chi connectivity index (χ0n) is 4.13. The van der Waals surface area contributed by atoms with Gasteiger partial charge in [0, 0.05) is 16.0 Å². The van der Waals surface area contributed by atoms with Crippen LogP contribution in [0, 0.1) is 0 Å². The molecule has 0 saturated carbocycles. The maximum Gasteiger partial charge on any atom is 0.0403 e. The fourth-order valence-corrected chi connectivity index (χ4v) is 0.679. The van der Waals surface area contributed by atoms with E-state index in [2.05, 4.69) is 28.0 Å². The first-order chi connectivity index (χ1) is 3.79. The lowest BCUT2D eigenvalue weighted by Crippen LogP contribution is -2.36. The van der Waals surface area contributed by atoms with Crippen LogP contribution in [0.2, 0.25) is 0 Å². The minimum absolute atomic E-state index is 1.14. The fraction of sp³-hybridized carbons (Fsp3) is 0. The van der Waals surface area contributed by atoms with Crippen molar-refractivity contribution in [2.75, 3.05) is 0 Å². The molecule has 0 aromatic heterocycles. The van der Waals surface area contributed by atoms with Gasteiger partial charge in [-0.2, -0.15) is 0 Å². The van der Waals surface area contributed by atoms with Crippen LogP contribution in [0.15, 0.2) is 22.1 Å². The summed E-state index contributed by atoms with van der Waals surface area (Å²) in [6.07, 6.45) is 5.49. The van der Waals surface area contributed by atoms with Crippen molar-refractivity contribution in [3.63, 3.8) is 0 Å². The molecule has 0 radical (unpaired) electrons. The number of hydrogen-bond acceptors (Lipinski definition) is 3. The lowest BCUT2D eigenvalue weighted by molar-refractivity contribution is 0.325. The molecular weight excluding hydrogens is 217 g/mol. The standard InChI is InChI=1S/C4H6IN3/c5-4-1-2-8(6)7-3-4/h1-3,7H,6H2. The third-order valence-electron chi connectivity index (χ3n) is 0.746. The third kappa shape index (κ3) is 1.38. The average molecular weight is 223 g/mol. The van der Waals surface area contributed by atoms with E-state index < -0.39 is 0 Å². The van der Waals surface area contributed by atoms with Gasteiger partial charge in [-0.15, -0.1) is 0 Å². The Bertz CT molecular complexity index is 140. The Kier molecular flexibility index (Phi) is 1.74. The van der Waals surface area contributed by atoms with Crippen LogP contribution in [0.1, 0.15) is 0 Å². The van der Waals surface area contributed by atoms with Crippen LogP contribution in [0.25, 0.3) is 0 Å². The highest BCUT2D eigenvalue weighted by Gasteiger charge is 1.92. The molecule has 3 nitrogen and oxygen atoms in total. The summed E-state index contributed by atoms with van der Waals surface area (Å²) in [6, 6.07) is 0. The van der Waals surface area contributed by atoms with E-state index in [0.29, 0.717) is 0 Å². The number of hydrogen-bond donors (Lipinski definition) is 2. The van der Waals surface area contributed by atoms with Crippen molar-refractivity contribution in [2.45, 2.75) is 0 Å². The van der Waals surface area contributed by atoms with Gasteiger partial charge in [-0.25, -0.2) is 11.0 Å². The highest BCUT2D eigenvalue weighted by Crippen LogP contribution is 2.07. The summed E-state index contributed by atoms with van der Waals surface area (Å²) in [5.41, 5.74) is 2.79. The van der Waals surface area contributed by atoms with Gasteiger partial charge in [0.25, 0.3) is 0 Å². The molecule has 1 heterocycles.